The van der Waals surface area contributed by atoms with E-state index in [0.717, 1.165) is 11.8 Å². The van der Waals surface area contributed by atoms with Gasteiger partial charge in [-0.1, -0.05) is 30.3 Å². The largest absolute Gasteiger partial charge is 0.457 e. The lowest BCUT2D eigenvalue weighted by atomic mass is 10.1. The number of hydrogen-bond acceptors (Lipinski definition) is 4. The second-order valence-corrected chi connectivity index (χ2v) is 4.64. The maximum absolute atomic E-state index is 10.7. The van der Waals surface area contributed by atoms with E-state index in [1.165, 1.54) is 0 Å². The summed E-state index contributed by atoms with van der Waals surface area (Å²) in [5.41, 5.74) is 0.956. The summed E-state index contributed by atoms with van der Waals surface area (Å²) in [5.74, 6) is 0. The quantitative estimate of drug-likeness (QED) is 0.808. The van der Waals surface area contributed by atoms with E-state index < -0.39 is 21.5 Å². The number of hydrogen-bond donors (Lipinski definition) is 1. The Morgan fingerprint density at radius 1 is 1.25 bits per heavy atom. The van der Waals surface area contributed by atoms with E-state index in [-0.39, 0.29) is 0 Å². The van der Waals surface area contributed by atoms with Crippen LogP contribution in [0.4, 0.5) is 0 Å². The van der Waals surface area contributed by atoms with Crippen LogP contribution in [0.5, 0.6) is 0 Å². The van der Waals surface area contributed by atoms with Gasteiger partial charge in [0, 0.05) is 6.42 Å². The van der Waals surface area contributed by atoms with Crippen molar-refractivity contribution in [3.63, 3.8) is 0 Å². The van der Waals surface area contributed by atoms with Gasteiger partial charge in [-0.3, -0.25) is 4.55 Å². The van der Waals surface area contributed by atoms with E-state index in [0.29, 0.717) is 6.42 Å². The molecule has 1 unspecified atom stereocenters. The van der Waals surface area contributed by atoms with Crippen LogP contribution in [-0.4, -0.2) is 19.3 Å². The monoisotopic (exact) mass is 242 g/mol. The second kappa shape index (κ2) is 4.15. The molecular weight excluding hydrogens is 232 g/mol. The lowest BCUT2D eigenvalue weighted by Crippen LogP contribution is -2.14. The first-order valence-corrected chi connectivity index (χ1v) is 6.03. The van der Waals surface area contributed by atoms with Gasteiger partial charge in [0.15, 0.2) is 0 Å². The van der Waals surface area contributed by atoms with Gasteiger partial charge in [-0.05, 0) is 5.56 Å². The summed E-state index contributed by atoms with van der Waals surface area (Å²) in [6.07, 6.45) is 0.610. The van der Waals surface area contributed by atoms with Crippen LogP contribution in [0, 0.1) is 0 Å². The van der Waals surface area contributed by atoms with Crippen LogP contribution in [0.3, 0.4) is 0 Å². The highest BCUT2D eigenvalue weighted by Gasteiger charge is 2.27. The molecule has 0 saturated heterocycles. The summed E-state index contributed by atoms with van der Waals surface area (Å²) in [6, 6.07) is 9.35. The lowest BCUT2D eigenvalue weighted by Gasteiger charge is -2.10. The van der Waals surface area contributed by atoms with Crippen LogP contribution >= 0.6 is 0 Å². The molecule has 5 nitrogen and oxygen atoms in total. The van der Waals surface area contributed by atoms with Gasteiger partial charge in [-0.25, -0.2) is 0 Å². The van der Waals surface area contributed by atoms with Gasteiger partial charge < -0.3 is 9.47 Å². The first-order chi connectivity index (χ1) is 7.55. The average Bonchev–Trinajstić information content (AvgIpc) is 2.67. The van der Waals surface area contributed by atoms with Crippen LogP contribution in [0.25, 0.3) is 0 Å². The van der Waals surface area contributed by atoms with Gasteiger partial charge in [-0.2, -0.15) is 8.42 Å². The molecule has 1 N–H and O–H groups in total. The maximum Gasteiger partial charge on any atom is 0.331 e. The highest BCUT2D eigenvalue weighted by Crippen LogP contribution is 2.21. The SMILES string of the molecule is O=S(=O)(O)C1=COC(Cc2ccccc2)O1. The van der Waals surface area contributed by atoms with Crippen LogP contribution in [0.15, 0.2) is 41.7 Å². The summed E-state index contributed by atoms with van der Waals surface area (Å²) in [5, 5.41) is -0.548. The number of benzene rings is 1. The fourth-order valence-corrected chi connectivity index (χ4v) is 1.74. The molecule has 0 spiro atoms. The molecule has 0 bridgehead atoms. The van der Waals surface area contributed by atoms with Crippen LogP contribution < -0.4 is 0 Å². The zero-order chi connectivity index (χ0) is 11.6. The molecule has 1 atom stereocenters. The fourth-order valence-electron chi connectivity index (χ4n) is 1.33. The molecule has 6 heteroatoms. The summed E-state index contributed by atoms with van der Waals surface area (Å²) in [4.78, 5) is 0. The van der Waals surface area contributed by atoms with Gasteiger partial charge in [0.25, 0.3) is 5.09 Å². The zero-order valence-electron chi connectivity index (χ0n) is 8.24. The Hall–Kier alpha value is -1.53. The van der Waals surface area contributed by atoms with Crippen molar-refractivity contribution in [3.8, 4) is 0 Å². The van der Waals surface area contributed by atoms with Crippen LogP contribution in [-0.2, 0) is 26.0 Å². The molecule has 0 aliphatic carbocycles. The third-order valence-corrected chi connectivity index (χ3v) is 2.76. The Balaban J connectivity index is 1.98. The summed E-state index contributed by atoms with van der Waals surface area (Å²) < 4.78 is 40.0. The Morgan fingerprint density at radius 3 is 2.50 bits per heavy atom. The molecule has 0 aromatic heterocycles. The lowest BCUT2D eigenvalue weighted by molar-refractivity contribution is -0.0249. The van der Waals surface area contributed by atoms with Crippen molar-refractivity contribution in [1.82, 2.24) is 0 Å². The summed E-state index contributed by atoms with van der Waals surface area (Å²) in [6.45, 7) is 0. The van der Waals surface area contributed by atoms with E-state index in [9.17, 15) is 8.42 Å². The third-order valence-electron chi connectivity index (χ3n) is 2.06. The van der Waals surface area contributed by atoms with Gasteiger partial charge in [0.05, 0.1) is 0 Å². The molecular formula is C10H10O5S. The smallest absolute Gasteiger partial charge is 0.331 e. The predicted molar refractivity (Wildman–Crippen MR) is 55.7 cm³/mol. The molecule has 0 fully saturated rings. The van der Waals surface area contributed by atoms with E-state index in [1.54, 1.807) is 0 Å². The van der Waals surface area contributed by atoms with Gasteiger partial charge in [0.1, 0.15) is 6.26 Å². The van der Waals surface area contributed by atoms with Crippen molar-refractivity contribution in [2.45, 2.75) is 12.7 Å². The molecule has 2 rings (SSSR count). The Labute approximate surface area is 93.1 Å². The van der Waals surface area contributed by atoms with E-state index in [2.05, 4.69) is 0 Å². The van der Waals surface area contributed by atoms with E-state index >= 15 is 0 Å². The van der Waals surface area contributed by atoms with E-state index in [4.69, 9.17) is 14.0 Å². The van der Waals surface area contributed by atoms with Gasteiger partial charge >= 0.3 is 10.1 Å². The second-order valence-electron chi connectivity index (χ2n) is 3.29. The molecule has 1 aromatic rings. The molecule has 16 heavy (non-hydrogen) atoms. The van der Waals surface area contributed by atoms with Crippen molar-refractivity contribution in [1.29, 1.82) is 0 Å². The molecule has 0 radical (unpaired) electrons. The fraction of sp³-hybridized carbons (Fsp3) is 0.200. The highest BCUT2D eigenvalue weighted by molar-refractivity contribution is 7.89. The Bertz CT molecular complexity index is 491. The van der Waals surface area contributed by atoms with Crippen molar-refractivity contribution >= 4 is 10.1 Å². The highest BCUT2D eigenvalue weighted by atomic mass is 32.2. The normalized spacial score (nSPS) is 19.8. The standard InChI is InChI=1S/C10H10O5S/c11-16(12,13)10-7-14-9(15-10)6-8-4-2-1-3-5-8/h1-5,7,9H,6H2,(H,11,12,13). The predicted octanol–water partition coefficient (Wildman–Crippen LogP) is 1.29. The Kier molecular flexibility index (Phi) is 2.84. The van der Waals surface area contributed by atoms with E-state index in [1.807, 2.05) is 30.3 Å². The van der Waals surface area contributed by atoms with Crippen LogP contribution in [0.2, 0.25) is 0 Å². The molecule has 0 amide bonds. The van der Waals surface area contributed by atoms with Crippen molar-refractivity contribution in [2.75, 3.05) is 0 Å². The molecule has 1 heterocycles. The first kappa shape index (κ1) is 11.0. The summed E-state index contributed by atoms with van der Waals surface area (Å²) in [7, 11) is -4.31. The molecule has 0 saturated carbocycles. The molecule has 1 aliphatic rings. The topological polar surface area (TPSA) is 72.8 Å². The first-order valence-electron chi connectivity index (χ1n) is 4.59. The maximum atomic E-state index is 10.7. The van der Waals surface area contributed by atoms with Crippen molar-refractivity contribution in [2.24, 2.45) is 0 Å². The number of ether oxygens (including phenoxy) is 2. The summed E-state index contributed by atoms with van der Waals surface area (Å²) >= 11 is 0. The van der Waals surface area contributed by atoms with Crippen molar-refractivity contribution < 1.29 is 22.4 Å². The average molecular weight is 242 g/mol. The third kappa shape index (κ3) is 2.53. The molecule has 86 valence electrons. The van der Waals surface area contributed by atoms with Gasteiger partial charge in [-0.15, -0.1) is 0 Å². The number of rotatable bonds is 3. The minimum Gasteiger partial charge on any atom is -0.457 e. The molecule has 1 aliphatic heterocycles. The Morgan fingerprint density at radius 2 is 1.94 bits per heavy atom. The molecule has 1 aromatic carbocycles. The minimum absolute atomic E-state index is 0.413. The minimum atomic E-state index is -4.31. The zero-order valence-corrected chi connectivity index (χ0v) is 9.05. The van der Waals surface area contributed by atoms with Crippen LogP contribution in [0.1, 0.15) is 5.56 Å². The van der Waals surface area contributed by atoms with Crippen molar-refractivity contribution in [3.05, 3.63) is 47.2 Å². The van der Waals surface area contributed by atoms with Gasteiger partial charge in [0.2, 0.25) is 6.29 Å².